The summed E-state index contributed by atoms with van der Waals surface area (Å²) < 4.78 is 5.43. The van der Waals surface area contributed by atoms with Crippen molar-refractivity contribution in [3.8, 4) is 0 Å². The summed E-state index contributed by atoms with van der Waals surface area (Å²) in [5, 5.41) is 0.628. The first-order chi connectivity index (χ1) is 14.1. The molecule has 2 aliphatic rings. The Morgan fingerprint density at radius 3 is 2.24 bits per heavy atom. The number of ether oxygens (including phenoxy) is 1. The summed E-state index contributed by atoms with van der Waals surface area (Å²) in [4.78, 5) is 31.2. The van der Waals surface area contributed by atoms with Crippen molar-refractivity contribution in [1.82, 2.24) is 4.90 Å². The molecule has 7 heteroatoms. The minimum Gasteiger partial charge on any atom is -0.378 e. The Hall–Kier alpha value is -2.28. The van der Waals surface area contributed by atoms with Crippen LogP contribution in [-0.2, 0) is 20.7 Å². The fourth-order valence-corrected chi connectivity index (χ4v) is 4.52. The second-order valence-electron chi connectivity index (χ2n) is 6.80. The number of carbonyl (C=O) groups excluding carboxylic acids is 2. The Labute approximate surface area is 179 Å². The predicted molar refractivity (Wildman–Crippen MR) is 115 cm³/mol. The van der Waals surface area contributed by atoms with E-state index in [1.165, 1.54) is 16.7 Å². The molecule has 2 amide bonds. The van der Waals surface area contributed by atoms with Crippen molar-refractivity contribution in [2.45, 2.75) is 18.2 Å². The van der Waals surface area contributed by atoms with Crippen LogP contribution < -0.4 is 4.90 Å². The quantitative estimate of drug-likeness (QED) is 0.671. The maximum absolute atomic E-state index is 13.4. The van der Waals surface area contributed by atoms with Crippen molar-refractivity contribution >= 4 is 40.9 Å². The highest BCUT2D eigenvalue weighted by atomic mass is 35.5. The molecule has 0 saturated carbocycles. The van der Waals surface area contributed by atoms with Crippen molar-refractivity contribution in [3.05, 3.63) is 69.7 Å². The van der Waals surface area contributed by atoms with E-state index in [-0.39, 0.29) is 11.8 Å². The van der Waals surface area contributed by atoms with Crippen LogP contribution in [0.2, 0.25) is 5.02 Å². The highest BCUT2D eigenvalue weighted by Crippen LogP contribution is 2.39. The molecule has 0 aliphatic carbocycles. The smallest absolute Gasteiger partial charge is 0.283 e. The number of carbonyl (C=O) groups is 2. The van der Waals surface area contributed by atoms with E-state index >= 15 is 0 Å². The lowest BCUT2D eigenvalue weighted by Crippen LogP contribution is -2.40. The SMILES string of the molecule is CCc1ccc(N2C(=O)C(Sc3ccc(Cl)cc3)=C(N3CCOCC3)C2=O)cc1. The van der Waals surface area contributed by atoms with Gasteiger partial charge in [0.05, 0.1) is 18.9 Å². The molecule has 2 aromatic rings. The first-order valence-corrected chi connectivity index (χ1v) is 10.8. The van der Waals surface area contributed by atoms with Gasteiger partial charge in [-0.05, 0) is 48.4 Å². The van der Waals surface area contributed by atoms with Gasteiger partial charge in [-0.1, -0.05) is 42.4 Å². The zero-order valence-electron chi connectivity index (χ0n) is 16.1. The minimum atomic E-state index is -0.291. The lowest BCUT2D eigenvalue weighted by molar-refractivity contribution is -0.121. The summed E-state index contributed by atoms with van der Waals surface area (Å²) >= 11 is 7.29. The summed E-state index contributed by atoms with van der Waals surface area (Å²) in [6, 6.07) is 14.8. The first kappa shape index (κ1) is 20.0. The molecule has 2 aromatic carbocycles. The number of benzene rings is 2. The third-order valence-corrected chi connectivity index (χ3v) is 6.31. The second kappa shape index (κ2) is 8.61. The van der Waals surface area contributed by atoms with Gasteiger partial charge in [0, 0.05) is 23.0 Å². The lowest BCUT2D eigenvalue weighted by atomic mass is 10.1. The molecule has 0 atom stereocenters. The van der Waals surface area contributed by atoms with E-state index in [4.69, 9.17) is 16.3 Å². The minimum absolute atomic E-state index is 0.280. The number of amides is 2. The van der Waals surface area contributed by atoms with Gasteiger partial charge in [-0.15, -0.1) is 0 Å². The standard InChI is InChI=1S/C22H21ClN2O3S/c1-2-15-3-7-17(8-4-15)25-21(26)19(24-11-13-28-14-12-24)20(22(25)27)29-18-9-5-16(23)6-10-18/h3-10H,2,11-14H2,1H3. The number of halogens is 1. The molecule has 2 heterocycles. The molecule has 1 saturated heterocycles. The molecule has 0 aromatic heterocycles. The van der Waals surface area contributed by atoms with Gasteiger partial charge < -0.3 is 9.64 Å². The van der Waals surface area contributed by atoms with Crippen molar-refractivity contribution in [3.63, 3.8) is 0 Å². The molecule has 150 valence electrons. The van der Waals surface area contributed by atoms with Crippen LogP contribution in [0.25, 0.3) is 0 Å². The number of morpholine rings is 1. The van der Waals surface area contributed by atoms with E-state index in [9.17, 15) is 9.59 Å². The molecule has 29 heavy (non-hydrogen) atoms. The van der Waals surface area contributed by atoms with Crippen LogP contribution in [0.5, 0.6) is 0 Å². The largest absolute Gasteiger partial charge is 0.378 e. The molecule has 0 unspecified atom stereocenters. The summed E-state index contributed by atoms with van der Waals surface area (Å²) in [6.07, 6.45) is 0.900. The third kappa shape index (κ3) is 4.06. The number of anilines is 1. The Morgan fingerprint density at radius 2 is 1.62 bits per heavy atom. The van der Waals surface area contributed by atoms with Gasteiger partial charge in [0.1, 0.15) is 10.6 Å². The molecule has 1 fully saturated rings. The Kier molecular flexibility index (Phi) is 5.94. The van der Waals surface area contributed by atoms with Crippen LogP contribution in [0.3, 0.4) is 0 Å². The molecule has 4 rings (SSSR count). The summed E-state index contributed by atoms with van der Waals surface area (Å²) in [5.41, 5.74) is 2.21. The third-order valence-electron chi connectivity index (χ3n) is 4.98. The number of imide groups is 1. The molecular formula is C22H21ClN2O3S. The second-order valence-corrected chi connectivity index (χ2v) is 8.32. The molecule has 0 N–H and O–H groups in total. The van der Waals surface area contributed by atoms with Gasteiger partial charge >= 0.3 is 0 Å². The van der Waals surface area contributed by atoms with Crippen molar-refractivity contribution in [2.75, 3.05) is 31.2 Å². The van der Waals surface area contributed by atoms with Crippen LogP contribution in [0.4, 0.5) is 5.69 Å². The molecule has 0 bridgehead atoms. The van der Waals surface area contributed by atoms with Gasteiger partial charge in [0.25, 0.3) is 11.8 Å². The van der Waals surface area contributed by atoms with E-state index in [2.05, 4.69) is 6.92 Å². The summed E-state index contributed by atoms with van der Waals surface area (Å²) in [7, 11) is 0. The molecule has 2 aliphatic heterocycles. The number of rotatable bonds is 5. The average molecular weight is 429 g/mol. The number of thioether (sulfide) groups is 1. The molecule has 0 radical (unpaired) electrons. The van der Waals surface area contributed by atoms with Crippen LogP contribution in [0, 0.1) is 0 Å². The number of nitrogens with zero attached hydrogens (tertiary/aromatic N) is 2. The van der Waals surface area contributed by atoms with Crippen molar-refractivity contribution in [2.24, 2.45) is 0 Å². The van der Waals surface area contributed by atoms with Crippen LogP contribution >= 0.6 is 23.4 Å². The number of hydrogen-bond donors (Lipinski definition) is 0. The zero-order valence-corrected chi connectivity index (χ0v) is 17.6. The lowest BCUT2D eigenvalue weighted by Gasteiger charge is -2.29. The fourth-order valence-electron chi connectivity index (χ4n) is 3.39. The van der Waals surface area contributed by atoms with Gasteiger partial charge in [-0.3, -0.25) is 9.59 Å². The van der Waals surface area contributed by atoms with E-state index in [1.807, 2.05) is 41.3 Å². The van der Waals surface area contributed by atoms with Gasteiger partial charge in [0.2, 0.25) is 0 Å². The first-order valence-electron chi connectivity index (χ1n) is 9.56. The van der Waals surface area contributed by atoms with Crippen LogP contribution in [0.1, 0.15) is 12.5 Å². The average Bonchev–Trinajstić information content (AvgIpc) is 3.00. The summed E-state index contributed by atoms with van der Waals surface area (Å²) in [6.45, 7) is 4.31. The molecular weight excluding hydrogens is 408 g/mol. The molecule has 5 nitrogen and oxygen atoms in total. The Balaban J connectivity index is 1.71. The summed E-state index contributed by atoms with van der Waals surface area (Å²) in [5.74, 6) is -0.571. The Bertz CT molecular complexity index is 951. The van der Waals surface area contributed by atoms with Crippen LogP contribution in [0.15, 0.2) is 64.0 Å². The highest BCUT2D eigenvalue weighted by Gasteiger charge is 2.42. The van der Waals surface area contributed by atoms with Gasteiger partial charge in [-0.25, -0.2) is 4.90 Å². The van der Waals surface area contributed by atoms with Crippen molar-refractivity contribution in [1.29, 1.82) is 0 Å². The van der Waals surface area contributed by atoms with E-state index in [0.29, 0.717) is 47.6 Å². The van der Waals surface area contributed by atoms with E-state index in [0.717, 1.165) is 16.9 Å². The maximum atomic E-state index is 13.4. The topological polar surface area (TPSA) is 49.9 Å². The van der Waals surface area contributed by atoms with Crippen molar-refractivity contribution < 1.29 is 14.3 Å². The monoisotopic (exact) mass is 428 g/mol. The van der Waals surface area contributed by atoms with E-state index < -0.39 is 0 Å². The predicted octanol–water partition coefficient (Wildman–Crippen LogP) is 4.11. The van der Waals surface area contributed by atoms with Crippen LogP contribution in [-0.4, -0.2) is 43.0 Å². The molecule has 0 spiro atoms. The maximum Gasteiger partial charge on any atom is 0.283 e. The highest BCUT2D eigenvalue weighted by molar-refractivity contribution is 8.04. The zero-order chi connectivity index (χ0) is 20.4. The normalized spacial score (nSPS) is 17.4. The number of hydrogen-bond acceptors (Lipinski definition) is 5. The fraction of sp³-hybridized carbons (Fsp3) is 0.273. The van der Waals surface area contributed by atoms with E-state index in [1.54, 1.807) is 12.1 Å². The number of aryl methyl sites for hydroxylation is 1. The Morgan fingerprint density at radius 1 is 0.966 bits per heavy atom. The van der Waals surface area contributed by atoms with Gasteiger partial charge in [0.15, 0.2) is 0 Å². The van der Waals surface area contributed by atoms with Gasteiger partial charge in [-0.2, -0.15) is 0 Å².